The maximum absolute atomic E-state index is 11.7. The summed E-state index contributed by atoms with van der Waals surface area (Å²) in [6, 6.07) is 0. The van der Waals surface area contributed by atoms with Gasteiger partial charge in [-0.2, -0.15) is 0 Å². The van der Waals surface area contributed by atoms with Crippen molar-refractivity contribution in [1.82, 2.24) is 0 Å². The van der Waals surface area contributed by atoms with Crippen LogP contribution >= 0.6 is 8.38 Å². The fraction of sp³-hybridized carbons (Fsp3) is 0.462. The second-order valence-corrected chi connectivity index (χ2v) is 5.45. The molecule has 0 bridgehead atoms. The van der Waals surface area contributed by atoms with Crippen molar-refractivity contribution in [1.29, 1.82) is 0 Å². The molecule has 0 N–H and O–H groups in total. The summed E-state index contributed by atoms with van der Waals surface area (Å²) in [5.74, 6) is 0.206. The molecule has 3 nitrogen and oxygen atoms in total. The van der Waals surface area contributed by atoms with E-state index in [0.717, 1.165) is 12.8 Å². The van der Waals surface area contributed by atoms with Crippen molar-refractivity contribution in [3.63, 3.8) is 0 Å². The standard InChI is InChI=1S/C13H19O3P/c1-15-17(16-2)11-13(14)10-9-12-7-5-3-4-6-8-12/h3-7H,8-11H2,1-2H3. The number of ketones is 1. The van der Waals surface area contributed by atoms with Gasteiger partial charge in [0.25, 0.3) is 0 Å². The van der Waals surface area contributed by atoms with Crippen LogP contribution in [0.15, 0.2) is 36.0 Å². The summed E-state index contributed by atoms with van der Waals surface area (Å²) in [5.41, 5.74) is 1.29. The summed E-state index contributed by atoms with van der Waals surface area (Å²) in [7, 11) is 2.12. The SMILES string of the molecule is COP(CC(=O)CCC1=CC=CC=CC1)OC. The summed E-state index contributed by atoms with van der Waals surface area (Å²) in [6.07, 6.45) is 13.0. The Kier molecular flexibility index (Phi) is 7.02. The quantitative estimate of drug-likeness (QED) is 0.653. The van der Waals surface area contributed by atoms with Crippen molar-refractivity contribution in [3.05, 3.63) is 36.0 Å². The van der Waals surface area contributed by atoms with Gasteiger partial charge in [-0.3, -0.25) is 4.79 Å². The highest BCUT2D eigenvalue weighted by Crippen LogP contribution is 2.36. The van der Waals surface area contributed by atoms with E-state index in [9.17, 15) is 4.79 Å². The molecule has 0 radical (unpaired) electrons. The molecule has 0 aromatic heterocycles. The molecule has 0 aromatic rings. The van der Waals surface area contributed by atoms with Crippen LogP contribution in [0.3, 0.4) is 0 Å². The van der Waals surface area contributed by atoms with Crippen molar-refractivity contribution >= 4 is 14.2 Å². The molecule has 0 unspecified atom stereocenters. The van der Waals surface area contributed by atoms with E-state index in [0.29, 0.717) is 12.6 Å². The molecule has 94 valence electrons. The Hall–Kier alpha value is -0.760. The van der Waals surface area contributed by atoms with Crippen LogP contribution in [0.25, 0.3) is 0 Å². The summed E-state index contributed by atoms with van der Waals surface area (Å²) < 4.78 is 10.1. The van der Waals surface area contributed by atoms with Crippen LogP contribution in [0.4, 0.5) is 0 Å². The summed E-state index contributed by atoms with van der Waals surface area (Å²) in [5, 5.41) is 0. The summed E-state index contributed by atoms with van der Waals surface area (Å²) in [4.78, 5) is 11.7. The van der Waals surface area contributed by atoms with Crippen molar-refractivity contribution in [2.45, 2.75) is 19.3 Å². The van der Waals surface area contributed by atoms with Crippen molar-refractivity contribution in [2.75, 3.05) is 20.4 Å². The van der Waals surface area contributed by atoms with Gasteiger partial charge < -0.3 is 9.05 Å². The monoisotopic (exact) mass is 254 g/mol. The van der Waals surface area contributed by atoms with Crippen LogP contribution in [-0.4, -0.2) is 26.2 Å². The highest BCUT2D eigenvalue weighted by molar-refractivity contribution is 7.48. The van der Waals surface area contributed by atoms with Crippen LogP contribution in [0.2, 0.25) is 0 Å². The zero-order chi connectivity index (χ0) is 12.5. The van der Waals surface area contributed by atoms with Gasteiger partial charge in [0.1, 0.15) is 5.78 Å². The van der Waals surface area contributed by atoms with Crippen LogP contribution in [0.1, 0.15) is 19.3 Å². The van der Waals surface area contributed by atoms with Gasteiger partial charge in [-0.1, -0.05) is 36.0 Å². The van der Waals surface area contributed by atoms with E-state index in [1.54, 1.807) is 14.2 Å². The zero-order valence-electron chi connectivity index (χ0n) is 10.4. The van der Waals surface area contributed by atoms with E-state index in [1.165, 1.54) is 5.57 Å². The average molecular weight is 254 g/mol. The molecule has 0 aliphatic heterocycles. The van der Waals surface area contributed by atoms with E-state index in [1.807, 2.05) is 18.2 Å². The predicted molar refractivity (Wildman–Crippen MR) is 71.0 cm³/mol. The molecule has 0 aromatic carbocycles. The Balaban J connectivity index is 2.30. The van der Waals surface area contributed by atoms with Gasteiger partial charge in [-0.25, -0.2) is 0 Å². The van der Waals surface area contributed by atoms with Crippen molar-refractivity contribution in [2.24, 2.45) is 0 Å². The van der Waals surface area contributed by atoms with E-state index in [2.05, 4.69) is 12.2 Å². The Morgan fingerprint density at radius 1 is 1.29 bits per heavy atom. The molecule has 0 heterocycles. The molecule has 1 aliphatic carbocycles. The largest absolute Gasteiger partial charge is 0.337 e. The molecule has 1 aliphatic rings. The number of hydrogen-bond acceptors (Lipinski definition) is 3. The van der Waals surface area contributed by atoms with Crippen LogP contribution in [0, 0.1) is 0 Å². The predicted octanol–water partition coefficient (Wildman–Crippen LogP) is 3.38. The van der Waals surface area contributed by atoms with E-state index >= 15 is 0 Å². The first-order valence-electron chi connectivity index (χ1n) is 5.65. The molecule has 4 heteroatoms. The van der Waals surface area contributed by atoms with Gasteiger partial charge in [0.05, 0.1) is 6.16 Å². The lowest BCUT2D eigenvalue weighted by Gasteiger charge is -2.11. The minimum atomic E-state index is -1.03. The number of allylic oxidation sites excluding steroid dienone is 6. The topological polar surface area (TPSA) is 35.5 Å². The number of carbonyl (C=O) groups is 1. The number of carbonyl (C=O) groups excluding carboxylic acids is 1. The lowest BCUT2D eigenvalue weighted by atomic mass is 10.1. The molecule has 1 rings (SSSR count). The molecule has 0 fully saturated rings. The lowest BCUT2D eigenvalue weighted by molar-refractivity contribution is -0.116. The van der Waals surface area contributed by atoms with E-state index in [-0.39, 0.29) is 5.78 Å². The van der Waals surface area contributed by atoms with Gasteiger partial charge >= 0.3 is 0 Å². The van der Waals surface area contributed by atoms with Gasteiger partial charge in [-0.05, 0) is 12.8 Å². The van der Waals surface area contributed by atoms with E-state index < -0.39 is 8.38 Å². The first-order chi connectivity index (χ1) is 8.26. The maximum atomic E-state index is 11.7. The van der Waals surface area contributed by atoms with Crippen LogP contribution < -0.4 is 0 Å². The molecular formula is C13H19O3P. The van der Waals surface area contributed by atoms with Gasteiger partial charge in [0, 0.05) is 20.6 Å². The van der Waals surface area contributed by atoms with Crippen LogP contribution in [-0.2, 0) is 13.8 Å². The molecule has 0 saturated carbocycles. The van der Waals surface area contributed by atoms with Crippen molar-refractivity contribution in [3.8, 4) is 0 Å². The summed E-state index contributed by atoms with van der Waals surface area (Å²) in [6.45, 7) is 0. The zero-order valence-corrected chi connectivity index (χ0v) is 11.3. The fourth-order valence-electron chi connectivity index (χ4n) is 1.53. The Labute approximate surface area is 104 Å². The third-order valence-electron chi connectivity index (χ3n) is 2.51. The average Bonchev–Trinajstić information content (AvgIpc) is 2.62. The van der Waals surface area contributed by atoms with Crippen LogP contribution in [0.5, 0.6) is 0 Å². The Morgan fingerprint density at radius 3 is 2.76 bits per heavy atom. The molecule has 0 spiro atoms. The smallest absolute Gasteiger partial charge is 0.177 e. The van der Waals surface area contributed by atoms with E-state index in [4.69, 9.17) is 9.05 Å². The second-order valence-electron chi connectivity index (χ2n) is 3.74. The molecule has 17 heavy (non-hydrogen) atoms. The minimum Gasteiger partial charge on any atom is -0.337 e. The third kappa shape index (κ3) is 5.92. The van der Waals surface area contributed by atoms with Gasteiger partial charge in [0.15, 0.2) is 8.38 Å². The fourth-order valence-corrected chi connectivity index (χ4v) is 2.39. The molecule has 0 saturated heterocycles. The normalized spacial score (nSPS) is 14.9. The summed E-state index contributed by atoms with van der Waals surface area (Å²) >= 11 is 0. The highest BCUT2D eigenvalue weighted by atomic mass is 31.2. The molecule has 0 amide bonds. The van der Waals surface area contributed by atoms with Gasteiger partial charge in [0.2, 0.25) is 0 Å². The molecular weight excluding hydrogens is 235 g/mol. The highest BCUT2D eigenvalue weighted by Gasteiger charge is 2.13. The number of Topliss-reactive ketones (excluding diaryl/α,β-unsaturated/α-hetero) is 1. The maximum Gasteiger partial charge on any atom is 0.177 e. The third-order valence-corrected chi connectivity index (χ3v) is 3.93. The number of hydrogen-bond donors (Lipinski definition) is 0. The Bertz CT molecular complexity index is 328. The minimum absolute atomic E-state index is 0.206. The first-order valence-corrected chi connectivity index (χ1v) is 7.01. The van der Waals surface area contributed by atoms with Gasteiger partial charge in [-0.15, -0.1) is 0 Å². The lowest BCUT2D eigenvalue weighted by Crippen LogP contribution is -2.05. The second kappa shape index (κ2) is 8.35. The Morgan fingerprint density at radius 2 is 2.06 bits per heavy atom. The number of rotatable bonds is 7. The molecule has 0 atom stereocenters. The van der Waals surface area contributed by atoms with Crippen molar-refractivity contribution < 1.29 is 13.8 Å². The first kappa shape index (κ1) is 14.3.